The van der Waals surface area contributed by atoms with Crippen molar-refractivity contribution in [1.29, 1.82) is 0 Å². The summed E-state index contributed by atoms with van der Waals surface area (Å²) in [7, 11) is 0. The maximum atomic E-state index is 13.6. The van der Waals surface area contributed by atoms with Gasteiger partial charge in [0.1, 0.15) is 97.6 Å². The summed E-state index contributed by atoms with van der Waals surface area (Å²) in [6.45, 7) is -1.69. The number of nitrogens with one attached hydrogen (secondary N) is 3. The molecule has 5 aliphatic heterocycles. The number of hydrogen-bond donors (Lipinski definition) is 17. The fourth-order valence-electron chi connectivity index (χ4n) is 8.96. The van der Waals surface area contributed by atoms with E-state index < -0.39 is 185 Å². The Morgan fingerprint density at radius 2 is 1.10 bits per heavy atom. The van der Waals surface area contributed by atoms with Crippen LogP contribution in [-0.4, -0.2) is 287 Å². The summed E-state index contributed by atoms with van der Waals surface area (Å²) in [5.41, 5.74) is 0. The molecule has 5 heterocycles. The number of hydroxylamine groups is 2. The first-order valence-corrected chi connectivity index (χ1v) is 26.0. The Morgan fingerprint density at radius 1 is 0.577 bits per heavy atom. The van der Waals surface area contributed by atoms with Gasteiger partial charge in [0.25, 0.3) is 5.91 Å². The Bertz CT molecular complexity index is 1880. The second-order valence-corrected chi connectivity index (χ2v) is 19.5. The first-order valence-electron chi connectivity index (χ1n) is 26.0. The summed E-state index contributed by atoms with van der Waals surface area (Å²) in [6.07, 6.45) is -32.9. The van der Waals surface area contributed by atoms with Crippen LogP contribution in [0.15, 0.2) is 0 Å². The van der Waals surface area contributed by atoms with Crippen molar-refractivity contribution in [1.82, 2.24) is 21.0 Å². The van der Waals surface area contributed by atoms with Gasteiger partial charge >= 0.3 is 5.97 Å². The monoisotopic (exact) mass is 1130 g/mol. The molecular formula is C46H78N4O28. The van der Waals surface area contributed by atoms with Crippen molar-refractivity contribution in [3.05, 3.63) is 0 Å². The number of nitrogens with zero attached hydrogens (tertiary/aromatic N) is 1. The van der Waals surface area contributed by atoms with Gasteiger partial charge in [0.2, 0.25) is 17.7 Å². The summed E-state index contributed by atoms with van der Waals surface area (Å²) in [4.78, 5) is 68.5. The zero-order chi connectivity index (χ0) is 57.4. The van der Waals surface area contributed by atoms with Gasteiger partial charge in [0.05, 0.1) is 39.1 Å². The summed E-state index contributed by atoms with van der Waals surface area (Å²) in [5.74, 6) is -2.93. The molecule has 17 N–H and O–H groups in total. The lowest BCUT2D eigenvalue weighted by molar-refractivity contribution is -0.366. The van der Waals surface area contributed by atoms with Gasteiger partial charge in [-0.15, -0.1) is 5.06 Å². The molecule has 0 bridgehead atoms. The van der Waals surface area contributed by atoms with E-state index in [0.29, 0.717) is 11.5 Å². The Kier molecular flexibility index (Phi) is 26.5. The Hall–Kier alpha value is -3.53. The van der Waals surface area contributed by atoms with Crippen molar-refractivity contribution in [2.75, 3.05) is 46.1 Å². The number of carbonyl (C=O) groups is 5. The van der Waals surface area contributed by atoms with Crippen molar-refractivity contribution >= 4 is 29.6 Å². The number of amides is 4. The van der Waals surface area contributed by atoms with Crippen LogP contribution in [0.3, 0.4) is 0 Å². The molecule has 4 amide bonds. The van der Waals surface area contributed by atoms with E-state index in [-0.39, 0.29) is 89.8 Å². The maximum absolute atomic E-state index is 13.6. The molecule has 22 atom stereocenters. The van der Waals surface area contributed by atoms with E-state index in [0.717, 1.165) is 0 Å². The molecule has 5 fully saturated rings. The molecule has 0 aromatic carbocycles. The van der Waals surface area contributed by atoms with Gasteiger partial charge in [-0.05, 0) is 32.6 Å². The Balaban J connectivity index is 1.14. The SMILES string of the molecule is C[C@@H]1O[C@@H](OCCNC(=O)CCCCC(=O)N[C@@H](CCCCCC(=O)ON2C(=O)CCC2O)C(=O)NCCO[C@H]2O[C@H](CO[C@H]3O[C@H](CO)[C@@H](O)[C@H](O)[C@@H]3O)[C@@H](O)[C@H](O[C@H]3O[C@H](CO)[C@@H](O)[C@H](O)[C@@H]3O)[C@@H]2O)[C@@H](O)[C@H](O)[C@@H]1O. The van der Waals surface area contributed by atoms with Gasteiger partial charge < -0.3 is 130 Å². The lowest BCUT2D eigenvalue weighted by Gasteiger charge is -2.46. The summed E-state index contributed by atoms with van der Waals surface area (Å²) < 4.78 is 44.3. The van der Waals surface area contributed by atoms with Gasteiger partial charge in [0.15, 0.2) is 31.4 Å². The third kappa shape index (κ3) is 18.0. The quantitative estimate of drug-likeness (QED) is 0.0309. The molecule has 0 aliphatic carbocycles. The van der Waals surface area contributed by atoms with Gasteiger partial charge in [-0.25, -0.2) is 4.79 Å². The van der Waals surface area contributed by atoms with Gasteiger partial charge in [-0.1, -0.05) is 12.8 Å². The zero-order valence-electron chi connectivity index (χ0n) is 42.9. The smallest absolute Gasteiger partial charge is 0.332 e. The zero-order valence-corrected chi connectivity index (χ0v) is 42.9. The molecule has 78 heavy (non-hydrogen) atoms. The van der Waals surface area contributed by atoms with Gasteiger partial charge in [0, 0.05) is 45.2 Å². The second-order valence-electron chi connectivity index (χ2n) is 19.5. The van der Waals surface area contributed by atoms with E-state index in [9.17, 15) is 95.5 Å². The van der Waals surface area contributed by atoms with Crippen LogP contribution < -0.4 is 16.0 Å². The minimum atomic E-state index is -1.99. The largest absolute Gasteiger partial charge is 0.394 e. The highest BCUT2D eigenvalue weighted by Crippen LogP contribution is 2.31. The molecule has 5 aliphatic rings. The Morgan fingerprint density at radius 3 is 1.71 bits per heavy atom. The molecular weight excluding hydrogens is 1060 g/mol. The van der Waals surface area contributed by atoms with E-state index in [1.165, 1.54) is 6.92 Å². The molecule has 450 valence electrons. The van der Waals surface area contributed by atoms with Crippen LogP contribution in [0, 0.1) is 0 Å². The van der Waals surface area contributed by atoms with Crippen LogP contribution in [-0.2, 0) is 66.7 Å². The molecule has 0 spiro atoms. The topological polar surface area (TPSA) is 491 Å². The lowest BCUT2D eigenvalue weighted by atomic mass is 9.96. The normalized spacial score (nSPS) is 37.7. The Labute approximate surface area is 446 Å². The van der Waals surface area contributed by atoms with E-state index in [2.05, 4.69) is 16.0 Å². The molecule has 5 saturated heterocycles. The standard InChI is InChI=1S/C46H78N4O28/c1-20-30(58)34(62)37(65)43(73-20)70-15-13-47-25(53)8-5-6-9-26(54)49-21(7-3-2-4-10-29(57)78-50-27(55)11-12-28(50)56)42(69)48-14-16-71-45-40(68)41(77-46-39(67)36(64)32(60)23(18-52)75-46)33(61)24(76-45)19-72-44-38(66)35(63)31(59)22(17-51)74-44/h20-24,27,30-41,43-46,51-52,55,58-68H,2-19H2,1H3,(H,47,53)(H,48,69)(H,49,54)/t20-,21-,22+,23+,24+,27?,30+,31+,32+,33+,34+,35-,36-,37-,38-,39-,40-,41-,43+,44-,45-,46+/m0/s1. The summed E-state index contributed by atoms with van der Waals surface area (Å²) in [6, 6.07) is -1.16. The highest BCUT2D eigenvalue weighted by molar-refractivity contribution is 5.87. The molecule has 5 rings (SSSR count). The molecule has 0 radical (unpaired) electrons. The molecule has 0 saturated carbocycles. The van der Waals surface area contributed by atoms with Crippen LogP contribution in [0.25, 0.3) is 0 Å². The number of unbranched alkanes of at least 4 members (excludes halogenated alkanes) is 3. The third-order valence-corrected chi connectivity index (χ3v) is 13.7. The average molecular weight is 1140 g/mol. The van der Waals surface area contributed by atoms with Crippen LogP contribution in [0.1, 0.15) is 77.6 Å². The third-order valence-electron chi connectivity index (χ3n) is 13.7. The fourth-order valence-corrected chi connectivity index (χ4v) is 8.96. The van der Waals surface area contributed by atoms with Crippen LogP contribution in [0.5, 0.6) is 0 Å². The van der Waals surface area contributed by atoms with Crippen molar-refractivity contribution in [3.8, 4) is 0 Å². The van der Waals surface area contributed by atoms with E-state index in [4.69, 9.17) is 42.7 Å². The second kappa shape index (κ2) is 31.6. The van der Waals surface area contributed by atoms with Crippen molar-refractivity contribution < 1.29 is 138 Å². The first kappa shape index (κ1) is 65.3. The highest BCUT2D eigenvalue weighted by Gasteiger charge is 2.52. The van der Waals surface area contributed by atoms with Crippen molar-refractivity contribution in [3.63, 3.8) is 0 Å². The molecule has 0 aromatic rings. The molecule has 0 aromatic heterocycles. The van der Waals surface area contributed by atoms with Gasteiger partial charge in [-0.3, -0.25) is 19.2 Å². The summed E-state index contributed by atoms with van der Waals surface area (Å²) >= 11 is 0. The number of aliphatic hydroxyl groups excluding tert-OH is 14. The van der Waals surface area contributed by atoms with Crippen molar-refractivity contribution in [2.45, 2.75) is 213 Å². The van der Waals surface area contributed by atoms with Crippen LogP contribution >= 0.6 is 0 Å². The number of rotatable bonds is 29. The van der Waals surface area contributed by atoms with Gasteiger partial charge in [-0.2, -0.15) is 0 Å². The number of hydrogen-bond acceptors (Lipinski definition) is 28. The lowest BCUT2D eigenvalue weighted by Crippen LogP contribution is -2.65. The van der Waals surface area contributed by atoms with E-state index in [1.54, 1.807) is 0 Å². The maximum Gasteiger partial charge on any atom is 0.332 e. The predicted molar refractivity (Wildman–Crippen MR) is 251 cm³/mol. The van der Waals surface area contributed by atoms with Crippen LogP contribution in [0.2, 0.25) is 0 Å². The number of ether oxygens (including phenoxy) is 8. The number of carbonyl (C=O) groups excluding carboxylic acids is 5. The minimum Gasteiger partial charge on any atom is -0.394 e. The number of aliphatic hydroxyl groups is 14. The highest BCUT2D eigenvalue weighted by atomic mass is 16.8. The molecule has 1 unspecified atom stereocenters. The van der Waals surface area contributed by atoms with E-state index in [1.807, 2.05) is 0 Å². The van der Waals surface area contributed by atoms with Crippen molar-refractivity contribution in [2.24, 2.45) is 0 Å². The predicted octanol–water partition coefficient (Wildman–Crippen LogP) is -9.08. The molecule has 32 heteroatoms. The first-order chi connectivity index (χ1) is 37.1. The van der Waals surface area contributed by atoms with E-state index >= 15 is 0 Å². The minimum absolute atomic E-state index is 0.0139. The average Bonchev–Trinajstić information content (AvgIpc) is 3.74. The van der Waals surface area contributed by atoms with Crippen LogP contribution in [0.4, 0.5) is 0 Å². The summed E-state index contributed by atoms with van der Waals surface area (Å²) in [5, 5.41) is 153. The molecule has 32 nitrogen and oxygen atoms in total. The fraction of sp³-hybridized carbons (Fsp3) is 0.891.